The second-order valence-corrected chi connectivity index (χ2v) is 10.0. The highest BCUT2D eigenvalue weighted by Crippen LogP contribution is 2.27. The van der Waals surface area contributed by atoms with Gasteiger partial charge in [0.1, 0.15) is 5.75 Å². The average molecular weight is 474 g/mol. The van der Waals surface area contributed by atoms with Crippen LogP contribution in [-0.4, -0.2) is 50.8 Å². The molecule has 0 unspecified atom stereocenters. The van der Waals surface area contributed by atoms with Gasteiger partial charge in [0, 0.05) is 19.1 Å². The summed E-state index contributed by atoms with van der Waals surface area (Å²) >= 11 is 0. The van der Waals surface area contributed by atoms with E-state index in [9.17, 15) is 18.0 Å². The molecule has 1 saturated heterocycles. The summed E-state index contributed by atoms with van der Waals surface area (Å²) in [5.74, 6) is -0.619. The third kappa shape index (κ3) is 5.72. The molecule has 1 atom stereocenters. The van der Waals surface area contributed by atoms with Gasteiger partial charge in [-0.05, 0) is 56.5 Å². The highest BCUT2D eigenvalue weighted by molar-refractivity contribution is 7.89. The summed E-state index contributed by atoms with van der Waals surface area (Å²) < 4.78 is 33.0. The maximum absolute atomic E-state index is 13.2. The molecule has 33 heavy (non-hydrogen) atoms. The quantitative estimate of drug-likeness (QED) is 0.609. The molecule has 2 amide bonds. The number of rotatable bonds is 8. The van der Waals surface area contributed by atoms with E-state index in [-0.39, 0.29) is 28.2 Å². The van der Waals surface area contributed by atoms with Crippen LogP contribution in [0.2, 0.25) is 0 Å². The van der Waals surface area contributed by atoms with Crippen LogP contribution >= 0.6 is 0 Å². The Bertz CT molecular complexity index is 1110. The first-order chi connectivity index (χ1) is 15.8. The largest absolute Gasteiger partial charge is 0.496 e. The summed E-state index contributed by atoms with van der Waals surface area (Å²) in [6.07, 6.45) is 3.42. The summed E-state index contributed by atoms with van der Waals surface area (Å²) in [7, 11) is -2.31. The number of nitrogens with zero attached hydrogens (tertiary/aromatic N) is 1. The predicted octanol–water partition coefficient (Wildman–Crippen LogP) is 3.65. The lowest BCUT2D eigenvalue weighted by Gasteiger charge is -2.26. The summed E-state index contributed by atoms with van der Waals surface area (Å²) in [4.78, 5) is 25.9. The number of methoxy groups -OCH3 is 1. The number of para-hydroxylation sites is 1. The van der Waals surface area contributed by atoms with Crippen molar-refractivity contribution in [2.45, 2.75) is 50.5 Å². The molecule has 0 aliphatic carbocycles. The van der Waals surface area contributed by atoms with Crippen LogP contribution in [0.3, 0.4) is 0 Å². The molecular formula is C24H31N3O5S. The smallest absolute Gasteiger partial charge is 0.259 e. The molecule has 3 rings (SSSR count). The average Bonchev–Trinajstić information content (AvgIpc) is 2.84. The Labute approximate surface area is 195 Å². The number of hydrogen-bond donors (Lipinski definition) is 2. The van der Waals surface area contributed by atoms with E-state index in [1.54, 1.807) is 24.3 Å². The molecule has 0 bridgehead atoms. The van der Waals surface area contributed by atoms with Crippen molar-refractivity contribution >= 4 is 27.5 Å². The molecule has 1 aliphatic rings. The maximum atomic E-state index is 13.2. The molecule has 2 aromatic rings. The second kappa shape index (κ2) is 10.8. The summed E-state index contributed by atoms with van der Waals surface area (Å²) in [5, 5.41) is 5.63. The number of benzene rings is 2. The van der Waals surface area contributed by atoms with Gasteiger partial charge in [0.25, 0.3) is 11.8 Å². The van der Waals surface area contributed by atoms with Crippen molar-refractivity contribution in [3.05, 3.63) is 53.6 Å². The standard InChI is InChI=1S/C24H31N3O5S/c1-4-17(2)25-23(28)19-10-6-7-11-21(19)26-24(29)20-16-18(12-13-22(20)32-3)33(30,31)27-14-8-5-9-15-27/h6-7,10-13,16-17H,4-5,8-9,14-15H2,1-3H3,(H,25,28)(H,26,29)/t17-/m0/s1. The normalized spacial score (nSPS) is 15.5. The van der Waals surface area contributed by atoms with Gasteiger partial charge >= 0.3 is 0 Å². The Kier molecular flexibility index (Phi) is 8.10. The van der Waals surface area contributed by atoms with E-state index in [1.165, 1.54) is 29.6 Å². The number of carbonyl (C=O) groups excluding carboxylic acids is 2. The fourth-order valence-corrected chi connectivity index (χ4v) is 5.21. The van der Waals surface area contributed by atoms with Gasteiger partial charge in [0.15, 0.2) is 0 Å². The molecule has 0 saturated carbocycles. The third-order valence-electron chi connectivity index (χ3n) is 5.78. The molecule has 1 fully saturated rings. The first-order valence-electron chi connectivity index (χ1n) is 11.2. The van der Waals surface area contributed by atoms with Gasteiger partial charge in [-0.2, -0.15) is 4.31 Å². The molecule has 2 aromatic carbocycles. The van der Waals surface area contributed by atoms with Crippen molar-refractivity contribution in [1.29, 1.82) is 0 Å². The minimum atomic E-state index is -3.72. The van der Waals surface area contributed by atoms with Crippen LogP contribution in [0.15, 0.2) is 47.4 Å². The highest BCUT2D eigenvalue weighted by Gasteiger charge is 2.28. The van der Waals surface area contributed by atoms with Crippen molar-refractivity contribution in [2.75, 3.05) is 25.5 Å². The zero-order valence-corrected chi connectivity index (χ0v) is 20.1. The number of carbonyl (C=O) groups is 2. The van der Waals surface area contributed by atoms with Crippen molar-refractivity contribution in [1.82, 2.24) is 9.62 Å². The zero-order valence-electron chi connectivity index (χ0n) is 19.3. The molecule has 8 nitrogen and oxygen atoms in total. The van der Waals surface area contributed by atoms with E-state index in [0.717, 1.165) is 25.7 Å². The molecule has 1 heterocycles. The Hall–Kier alpha value is -2.91. The van der Waals surface area contributed by atoms with E-state index in [0.29, 0.717) is 24.3 Å². The lowest BCUT2D eigenvalue weighted by Crippen LogP contribution is -2.35. The number of sulfonamides is 1. The maximum Gasteiger partial charge on any atom is 0.259 e. The second-order valence-electron chi connectivity index (χ2n) is 8.11. The minimum Gasteiger partial charge on any atom is -0.496 e. The summed E-state index contributed by atoms with van der Waals surface area (Å²) in [6.45, 7) is 4.80. The lowest BCUT2D eigenvalue weighted by atomic mass is 10.1. The molecule has 0 spiro atoms. The van der Waals surface area contributed by atoms with E-state index < -0.39 is 15.9 Å². The van der Waals surface area contributed by atoms with Gasteiger partial charge in [-0.15, -0.1) is 0 Å². The van der Waals surface area contributed by atoms with Crippen LogP contribution in [0, 0.1) is 0 Å². The van der Waals surface area contributed by atoms with Crippen molar-refractivity contribution in [3.63, 3.8) is 0 Å². The van der Waals surface area contributed by atoms with Gasteiger partial charge in [0.2, 0.25) is 10.0 Å². The van der Waals surface area contributed by atoms with Crippen LogP contribution in [-0.2, 0) is 10.0 Å². The Morgan fingerprint density at radius 3 is 2.39 bits per heavy atom. The topological polar surface area (TPSA) is 105 Å². The number of nitrogens with one attached hydrogen (secondary N) is 2. The fraction of sp³-hybridized carbons (Fsp3) is 0.417. The summed E-state index contributed by atoms with van der Waals surface area (Å²) in [6, 6.07) is 10.9. The van der Waals surface area contributed by atoms with Gasteiger partial charge in [-0.3, -0.25) is 9.59 Å². The van der Waals surface area contributed by atoms with Crippen LogP contribution in [0.1, 0.15) is 60.2 Å². The van der Waals surface area contributed by atoms with Crippen LogP contribution in [0.4, 0.5) is 5.69 Å². The highest BCUT2D eigenvalue weighted by atomic mass is 32.2. The molecular weight excluding hydrogens is 442 g/mol. The number of piperidine rings is 1. The van der Waals surface area contributed by atoms with Crippen molar-refractivity contribution in [3.8, 4) is 5.75 Å². The molecule has 1 aliphatic heterocycles. The van der Waals surface area contributed by atoms with Gasteiger partial charge in [-0.1, -0.05) is 25.5 Å². The van der Waals surface area contributed by atoms with Crippen molar-refractivity contribution < 1.29 is 22.7 Å². The van der Waals surface area contributed by atoms with E-state index in [4.69, 9.17) is 4.74 Å². The summed E-state index contributed by atoms with van der Waals surface area (Å²) in [5.41, 5.74) is 0.726. The predicted molar refractivity (Wildman–Crippen MR) is 127 cm³/mol. The first-order valence-corrected chi connectivity index (χ1v) is 12.6. The van der Waals surface area contributed by atoms with Gasteiger partial charge in [0.05, 0.1) is 28.8 Å². The SMILES string of the molecule is CC[C@H](C)NC(=O)c1ccccc1NC(=O)c1cc(S(=O)(=O)N2CCCCC2)ccc1OC. The number of ether oxygens (including phenoxy) is 1. The van der Waals surface area contributed by atoms with E-state index >= 15 is 0 Å². The lowest BCUT2D eigenvalue weighted by molar-refractivity contribution is 0.0940. The van der Waals surface area contributed by atoms with Crippen LogP contribution in [0.5, 0.6) is 5.75 Å². The fourth-order valence-electron chi connectivity index (χ4n) is 3.66. The number of anilines is 1. The molecule has 178 valence electrons. The van der Waals surface area contributed by atoms with Gasteiger partial charge < -0.3 is 15.4 Å². The third-order valence-corrected chi connectivity index (χ3v) is 7.67. The molecule has 0 radical (unpaired) electrons. The van der Waals surface area contributed by atoms with Crippen LogP contribution in [0.25, 0.3) is 0 Å². The molecule has 2 N–H and O–H groups in total. The molecule has 9 heteroatoms. The Balaban J connectivity index is 1.90. The minimum absolute atomic E-state index is 0.0157. The zero-order chi connectivity index (χ0) is 24.0. The first kappa shape index (κ1) is 24.7. The Morgan fingerprint density at radius 1 is 1.03 bits per heavy atom. The molecule has 0 aromatic heterocycles. The van der Waals surface area contributed by atoms with Crippen molar-refractivity contribution in [2.24, 2.45) is 0 Å². The Morgan fingerprint density at radius 2 is 1.73 bits per heavy atom. The van der Waals surface area contributed by atoms with E-state index in [1.807, 2.05) is 13.8 Å². The number of amides is 2. The monoisotopic (exact) mass is 473 g/mol. The van der Waals surface area contributed by atoms with Gasteiger partial charge in [-0.25, -0.2) is 8.42 Å². The number of hydrogen-bond acceptors (Lipinski definition) is 5. The van der Waals surface area contributed by atoms with Crippen LogP contribution < -0.4 is 15.4 Å². The van der Waals surface area contributed by atoms with E-state index in [2.05, 4.69) is 10.6 Å².